The number of rotatable bonds is 4. The number of aryl methyl sites for hydroxylation is 1. The summed E-state index contributed by atoms with van der Waals surface area (Å²) in [6.45, 7) is 3.67. The molecule has 0 aliphatic heterocycles. The summed E-state index contributed by atoms with van der Waals surface area (Å²) >= 11 is 0. The molecule has 0 fully saturated rings. The van der Waals surface area contributed by atoms with Gasteiger partial charge in [0.05, 0.1) is 0 Å². The van der Waals surface area contributed by atoms with E-state index in [0.717, 1.165) is 18.7 Å². The van der Waals surface area contributed by atoms with E-state index in [0.29, 0.717) is 0 Å². The van der Waals surface area contributed by atoms with Crippen LogP contribution in [0.25, 0.3) is 0 Å². The van der Waals surface area contributed by atoms with Crippen LogP contribution in [-0.2, 0) is 13.1 Å². The van der Waals surface area contributed by atoms with E-state index >= 15 is 0 Å². The van der Waals surface area contributed by atoms with Gasteiger partial charge >= 0.3 is 0 Å². The summed E-state index contributed by atoms with van der Waals surface area (Å²) in [5.74, 6) is 0. The molecular weight excluding hydrogens is 200 g/mol. The van der Waals surface area contributed by atoms with Crippen LogP contribution in [0.5, 0.6) is 0 Å². The lowest BCUT2D eigenvalue weighted by molar-refractivity contribution is 0.684. The van der Waals surface area contributed by atoms with E-state index < -0.39 is 0 Å². The second-order valence-electron chi connectivity index (χ2n) is 3.65. The summed E-state index contributed by atoms with van der Waals surface area (Å²) in [6, 6.07) is 2.02. The largest absolute Gasteiger partial charge is 0.308 e. The van der Waals surface area contributed by atoms with Crippen LogP contribution in [0.1, 0.15) is 16.7 Å². The van der Waals surface area contributed by atoms with E-state index in [1.54, 1.807) is 0 Å². The van der Waals surface area contributed by atoms with Crippen molar-refractivity contribution in [2.45, 2.75) is 20.0 Å². The molecule has 2 heterocycles. The second-order valence-corrected chi connectivity index (χ2v) is 3.65. The van der Waals surface area contributed by atoms with E-state index in [9.17, 15) is 0 Å². The first kappa shape index (κ1) is 10.7. The van der Waals surface area contributed by atoms with Crippen molar-refractivity contribution in [2.24, 2.45) is 0 Å². The first-order valence-electron chi connectivity index (χ1n) is 5.20. The van der Waals surface area contributed by atoms with Crippen molar-refractivity contribution < 1.29 is 0 Å². The average molecular weight is 214 g/mol. The van der Waals surface area contributed by atoms with E-state index in [4.69, 9.17) is 0 Å². The Hall–Kier alpha value is -1.81. The smallest absolute Gasteiger partial charge is 0.115 e. The molecule has 0 spiro atoms. The molecular formula is C12H14N4. The van der Waals surface area contributed by atoms with E-state index in [1.807, 2.05) is 30.9 Å². The topological polar surface area (TPSA) is 50.7 Å². The second kappa shape index (κ2) is 5.32. The standard InChI is InChI=1S/C12H14N4/c1-10-2-3-13-7-12(10)8-14-4-11-5-15-9-16-6-11/h2-3,5-7,9,14H,4,8H2,1H3. The molecule has 16 heavy (non-hydrogen) atoms. The number of hydrogen-bond acceptors (Lipinski definition) is 4. The fourth-order valence-corrected chi connectivity index (χ4v) is 1.44. The third kappa shape index (κ3) is 2.84. The average Bonchev–Trinajstić information content (AvgIpc) is 2.33. The molecule has 4 nitrogen and oxygen atoms in total. The van der Waals surface area contributed by atoms with Crippen LogP contribution in [0.15, 0.2) is 37.2 Å². The van der Waals surface area contributed by atoms with Gasteiger partial charge in [0.25, 0.3) is 0 Å². The van der Waals surface area contributed by atoms with Gasteiger partial charge in [0, 0.05) is 43.4 Å². The van der Waals surface area contributed by atoms with Crippen LogP contribution in [0.3, 0.4) is 0 Å². The fourth-order valence-electron chi connectivity index (χ4n) is 1.44. The van der Waals surface area contributed by atoms with Gasteiger partial charge in [-0.15, -0.1) is 0 Å². The first-order valence-corrected chi connectivity index (χ1v) is 5.20. The summed E-state index contributed by atoms with van der Waals surface area (Å²) in [5, 5.41) is 3.34. The monoisotopic (exact) mass is 214 g/mol. The zero-order valence-electron chi connectivity index (χ0n) is 9.22. The molecule has 0 atom stereocenters. The number of pyridine rings is 1. The minimum Gasteiger partial charge on any atom is -0.308 e. The molecule has 0 saturated carbocycles. The van der Waals surface area contributed by atoms with Crippen molar-refractivity contribution in [3.05, 3.63) is 53.9 Å². The molecule has 4 heteroatoms. The summed E-state index contributed by atoms with van der Waals surface area (Å²) in [5.41, 5.74) is 3.57. The lowest BCUT2D eigenvalue weighted by atomic mass is 10.1. The summed E-state index contributed by atoms with van der Waals surface area (Å²) in [4.78, 5) is 12.0. The van der Waals surface area contributed by atoms with Gasteiger partial charge in [0.1, 0.15) is 6.33 Å². The maximum Gasteiger partial charge on any atom is 0.115 e. The number of nitrogens with zero attached hydrogens (tertiary/aromatic N) is 3. The Morgan fingerprint density at radius 3 is 2.62 bits per heavy atom. The Balaban J connectivity index is 1.87. The Labute approximate surface area is 94.8 Å². The zero-order valence-corrected chi connectivity index (χ0v) is 9.22. The van der Waals surface area contributed by atoms with Gasteiger partial charge in [-0.05, 0) is 24.1 Å². The quantitative estimate of drug-likeness (QED) is 0.837. The molecule has 0 aromatic carbocycles. The van der Waals surface area contributed by atoms with Gasteiger partial charge in [-0.1, -0.05) is 0 Å². The minimum absolute atomic E-state index is 0.773. The Morgan fingerprint density at radius 2 is 1.88 bits per heavy atom. The van der Waals surface area contributed by atoms with E-state index in [2.05, 4.69) is 27.2 Å². The molecule has 1 N–H and O–H groups in total. The maximum atomic E-state index is 4.11. The minimum atomic E-state index is 0.773. The highest BCUT2D eigenvalue weighted by Crippen LogP contribution is 2.04. The molecule has 2 aromatic heterocycles. The van der Waals surface area contributed by atoms with Crippen LogP contribution in [0.2, 0.25) is 0 Å². The first-order chi connectivity index (χ1) is 7.86. The highest BCUT2D eigenvalue weighted by molar-refractivity contribution is 5.21. The van der Waals surface area contributed by atoms with Crippen molar-refractivity contribution in [2.75, 3.05) is 0 Å². The predicted octanol–water partition coefficient (Wildman–Crippen LogP) is 1.47. The van der Waals surface area contributed by atoms with Gasteiger partial charge in [0.2, 0.25) is 0 Å². The Bertz CT molecular complexity index is 442. The molecule has 2 aromatic rings. The fraction of sp³-hybridized carbons (Fsp3) is 0.250. The SMILES string of the molecule is Cc1ccncc1CNCc1cncnc1. The molecule has 0 radical (unpaired) electrons. The molecule has 0 aliphatic rings. The van der Waals surface area contributed by atoms with Crippen LogP contribution in [0.4, 0.5) is 0 Å². The van der Waals surface area contributed by atoms with E-state index in [-0.39, 0.29) is 0 Å². The number of nitrogens with one attached hydrogen (secondary N) is 1. The third-order valence-corrected chi connectivity index (χ3v) is 2.41. The maximum absolute atomic E-state index is 4.11. The molecule has 2 rings (SSSR count). The lowest BCUT2D eigenvalue weighted by Gasteiger charge is -2.06. The van der Waals surface area contributed by atoms with Gasteiger partial charge in [-0.2, -0.15) is 0 Å². The molecule has 82 valence electrons. The van der Waals surface area contributed by atoms with Gasteiger partial charge in [-0.3, -0.25) is 4.98 Å². The highest BCUT2D eigenvalue weighted by atomic mass is 14.9. The summed E-state index contributed by atoms with van der Waals surface area (Å²) in [6.07, 6.45) is 8.87. The zero-order chi connectivity index (χ0) is 11.2. The van der Waals surface area contributed by atoms with Crippen LogP contribution >= 0.6 is 0 Å². The van der Waals surface area contributed by atoms with Crippen molar-refractivity contribution in [1.82, 2.24) is 20.3 Å². The van der Waals surface area contributed by atoms with Gasteiger partial charge in [-0.25, -0.2) is 9.97 Å². The number of aromatic nitrogens is 3. The van der Waals surface area contributed by atoms with Crippen molar-refractivity contribution in [3.63, 3.8) is 0 Å². The number of hydrogen-bond donors (Lipinski definition) is 1. The lowest BCUT2D eigenvalue weighted by Crippen LogP contribution is -2.13. The van der Waals surface area contributed by atoms with Crippen molar-refractivity contribution in [1.29, 1.82) is 0 Å². The highest BCUT2D eigenvalue weighted by Gasteiger charge is 1.97. The summed E-state index contributed by atoms with van der Waals surface area (Å²) in [7, 11) is 0. The van der Waals surface area contributed by atoms with Crippen LogP contribution in [0, 0.1) is 6.92 Å². The van der Waals surface area contributed by atoms with Crippen molar-refractivity contribution in [3.8, 4) is 0 Å². The normalized spacial score (nSPS) is 10.3. The molecule has 0 saturated heterocycles. The van der Waals surface area contributed by atoms with Crippen LogP contribution < -0.4 is 5.32 Å². The van der Waals surface area contributed by atoms with Gasteiger partial charge in [0.15, 0.2) is 0 Å². The molecule has 0 aliphatic carbocycles. The van der Waals surface area contributed by atoms with Crippen LogP contribution in [-0.4, -0.2) is 15.0 Å². The molecule has 0 amide bonds. The molecule has 0 unspecified atom stereocenters. The van der Waals surface area contributed by atoms with E-state index in [1.165, 1.54) is 17.5 Å². The van der Waals surface area contributed by atoms with Crippen molar-refractivity contribution >= 4 is 0 Å². The Kier molecular flexibility index (Phi) is 3.56. The van der Waals surface area contributed by atoms with Gasteiger partial charge < -0.3 is 5.32 Å². The molecule has 0 bridgehead atoms. The summed E-state index contributed by atoms with van der Waals surface area (Å²) < 4.78 is 0. The predicted molar refractivity (Wildman–Crippen MR) is 61.5 cm³/mol. The third-order valence-electron chi connectivity index (χ3n) is 2.41. The Morgan fingerprint density at radius 1 is 1.06 bits per heavy atom.